The molecule has 44 heavy (non-hydrogen) atoms. The zero-order valence-corrected chi connectivity index (χ0v) is 24.0. The number of nitrogen functional groups attached to an aromatic ring is 1. The van der Waals surface area contributed by atoms with Crippen molar-refractivity contribution in [1.82, 2.24) is 19.5 Å². The Balaban J connectivity index is 1.16. The topological polar surface area (TPSA) is 298 Å². The Morgan fingerprint density at radius 3 is 2.36 bits per heavy atom. The molecule has 5 rings (SSSR count). The van der Waals surface area contributed by atoms with Gasteiger partial charge in [-0.3, -0.25) is 18.4 Å². The number of aromatic nitrogens is 5. The van der Waals surface area contributed by atoms with Gasteiger partial charge in [-0.05, 0) is 6.07 Å². The van der Waals surface area contributed by atoms with E-state index in [4.69, 9.17) is 20.9 Å². The van der Waals surface area contributed by atoms with Gasteiger partial charge in [-0.1, -0.05) is 0 Å². The van der Waals surface area contributed by atoms with Crippen LogP contribution in [0.15, 0.2) is 37.2 Å². The van der Waals surface area contributed by atoms with Gasteiger partial charge in [0.1, 0.15) is 47.9 Å². The van der Waals surface area contributed by atoms with E-state index in [0.29, 0.717) is 0 Å². The van der Waals surface area contributed by atoms with Crippen LogP contribution < -0.4 is 16.0 Å². The fraction of sp³-hybridized carbons (Fsp3) is 0.476. The first-order chi connectivity index (χ1) is 20.7. The number of hydrogen-bond donors (Lipinski definition) is 7. The van der Waals surface area contributed by atoms with E-state index >= 15 is 0 Å². The van der Waals surface area contributed by atoms with E-state index in [1.54, 1.807) is 0 Å². The number of pyridine rings is 1. The number of halogens is 1. The van der Waals surface area contributed by atoms with Crippen molar-refractivity contribution in [2.45, 2.75) is 49.1 Å². The molecule has 23 heteroatoms. The first-order valence-electron chi connectivity index (χ1n) is 12.6. The summed E-state index contributed by atoms with van der Waals surface area (Å²) >= 11 is 0. The maximum Gasteiger partial charge on any atom is 0.481 e. The number of phosphoric ester groups is 2. The summed E-state index contributed by atoms with van der Waals surface area (Å²) in [5.74, 6) is -0.761. The number of nitrogens with two attached hydrogens (primary N) is 2. The Labute approximate surface area is 245 Å². The summed E-state index contributed by atoms with van der Waals surface area (Å²) in [6, 6.07) is 2.74. The Bertz CT molecular complexity index is 1630. The van der Waals surface area contributed by atoms with E-state index in [-0.39, 0.29) is 22.5 Å². The van der Waals surface area contributed by atoms with Crippen LogP contribution in [0.5, 0.6) is 0 Å². The third-order valence-corrected chi connectivity index (χ3v) is 9.30. The largest absolute Gasteiger partial charge is 0.481 e. The lowest BCUT2D eigenvalue weighted by atomic mass is 10.1. The molecular weight excluding hydrogens is 639 g/mol. The van der Waals surface area contributed by atoms with Crippen LogP contribution in [-0.2, 0) is 32.0 Å². The van der Waals surface area contributed by atoms with Crippen molar-refractivity contribution in [3.05, 3.63) is 42.7 Å². The molecule has 240 valence electrons. The molecule has 0 aromatic carbocycles. The van der Waals surface area contributed by atoms with Gasteiger partial charge in [0.25, 0.3) is 12.1 Å². The summed E-state index contributed by atoms with van der Waals surface area (Å²) < 4.78 is 66.4. The van der Waals surface area contributed by atoms with Crippen LogP contribution in [0.25, 0.3) is 11.2 Å². The number of aliphatic hydroxyl groups excluding tert-OH is 3. The highest BCUT2D eigenvalue weighted by Crippen LogP contribution is 2.60. The molecule has 5 heterocycles. The van der Waals surface area contributed by atoms with Gasteiger partial charge < -0.3 is 46.0 Å². The number of imidazole rings is 1. The lowest BCUT2D eigenvalue weighted by molar-refractivity contribution is -0.764. The lowest BCUT2D eigenvalue weighted by Gasteiger charge is -2.20. The zero-order valence-electron chi connectivity index (χ0n) is 22.2. The Hall–Kier alpha value is -3.04. The number of rotatable bonds is 11. The monoisotopic (exact) mass is 666 g/mol. The third kappa shape index (κ3) is 6.64. The normalized spacial score (nSPS) is 31.6. The molecule has 3 aromatic rings. The molecule has 2 aliphatic rings. The number of carbonyl (C=O) groups is 1. The van der Waals surface area contributed by atoms with Crippen molar-refractivity contribution < 1.29 is 70.8 Å². The molecule has 1 amide bonds. The van der Waals surface area contributed by atoms with Gasteiger partial charge >= 0.3 is 15.6 Å². The minimum atomic E-state index is -5.41. The van der Waals surface area contributed by atoms with Gasteiger partial charge in [0, 0.05) is 6.07 Å². The first-order valence-corrected chi connectivity index (χ1v) is 15.6. The predicted molar refractivity (Wildman–Crippen MR) is 138 cm³/mol. The second-order valence-electron chi connectivity index (χ2n) is 9.64. The van der Waals surface area contributed by atoms with Gasteiger partial charge in [-0.2, -0.15) is 8.88 Å². The number of nitrogens with zero attached hydrogens (tertiary/aromatic N) is 5. The molecule has 2 saturated heterocycles. The third-order valence-electron chi connectivity index (χ3n) is 6.70. The highest BCUT2D eigenvalue weighted by molar-refractivity contribution is 7.61. The summed E-state index contributed by atoms with van der Waals surface area (Å²) in [7, 11) is -10.8. The van der Waals surface area contributed by atoms with Crippen LogP contribution in [0.4, 0.5) is 10.2 Å². The van der Waals surface area contributed by atoms with E-state index in [1.165, 1.54) is 35.4 Å². The average Bonchev–Trinajstić information content (AvgIpc) is 3.61. The molecule has 20 nitrogen and oxygen atoms in total. The number of fused-ring (bicyclic) bond motifs is 1. The smallest absolute Gasteiger partial charge is 0.387 e. The molecule has 9 N–H and O–H groups in total. The fourth-order valence-corrected chi connectivity index (χ4v) is 6.63. The Kier molecular flexibility index (Phi) is 9.11. The van der Waals surface area contributed by atoms with Crippen molar-refractivity contribution in [1.29, 1.82) is 0 Å². The van der Waals surface area contributed by atoms with E-state index < -0.39 is 83.9 Å². The molecule has 10 atom stereocenters. The summed E-state index contributed by atoms with van der Waals surface area (Å²) in [6.07, 6.45) is -8.14. The molecule has 0 bridgehead atoms. The standard InChI is InChI=1S/C21H26FN7O13P2/c22-12-14(30)10(40-20(12)28-3-1-2-9(4-28)18(24)33)5-38-43(34,35)42-44(36,37)39-6-11-15(31)16(32)21(41-11)29-8-27-13-17(23)25-7-26-19(13)29/h1-4,7-8,10-12,14-16,20-21,30-32H,5-6H2,(H5-,23,24,25,26,33,34,35,36,37)/p+1/t10-,11-,12+,14-,15-,16-,20?,21-/m1/s1. The van der Waals surface area contributed by atoms with Crippen molar-refractivity contribution in [2.75, 3.05) is 18.9 Å². The Morgan fingerprint density at radius 2 is 1.70 bits per heavy atom. The SMILES string of the molecule is NC(=O)c1ccc[n+](C2O[C@H](COP(=O)(O)OP(=O)(O)OC[C@H]3O[C@@H](n4cnc5c(N)ncnc54)[C@H](O)[C@@H]3O)[C@@H](O)[C@@H]2F)c1. The molecule has 0 aliphatic carbocycles. The number of phosphoric acid groups is 2. The van der Waals surface area contributed by atoms with Crippen molar-refractivity contribution in [3.63, 3.8) is 0 Å². The van der Waals surface area contributed by atoms with E-state index in [1.807, 2.05) is 0 Å². The van der Waals surface area contributed by atoms with Crippen LogP contribution in [0, 0.1) is 0 Å². The average molecular weight is 666 g/mol. The summed E-state index contributed by atoms with van der Waals surface area (Å²) in [4.78, 5) is 43.2. The molecule has 0 radical (unpaired) electrons. The zero-order chi connectivity index (χ0) is 32.0. The quantitative estimate of drug-likeness (QED) is 0.0856. The van der Waals surface area contributed by atoms with Crippen molar-refractivity contribution in [3.8, 4) is 0 Å². The molecule has 2 aliphatic heterocycles. The number of primary amides is 1. The second-order valence-corrected chi connectivity index (χ2v) is 12.7. The van der Waals surface area contributed by atoms with E-state index in [9.17, 15) is 43.4 Å². The van der Waals surface area contributed by atoms with E-state index in [0.717, 1.165) is 10.9 Å². The number of carbonyl (C=O) groups excluding carboxylic acids is 1. The van der Waals surface area contributed by atoms with Crippen LogP contribution in [-0.4, -0.2) is 100 Å². The molecule has 2 fully saturated rings. The summed E-state index contributed by atoms with van der Waals surface area (Å²) in [6.45, 7) is -1.89. The summed E-state index contributed by atoms with van der Waals surface area (Å²) in [5, 5.41) is 31.1. The maximum absolute atomic E-state index is 14.8. The Morgan fingerprint density at radius 1 is 1.05 bits per heavy atom. The highest BCUT2D eigenvalue weighted by atomic mass is 31.3. The summed E-state index contributed by atoms with van der Waals surface area (Å²) in [5.41, 5.74) is 11.3. The molecule has 0 saturated carbocycles. The first kappa shape index (κ1) is 32.4. The number of amides is 1. The van der Waals surface area contributed by atoms with Gasteiger partial charge in [-0.25, -0.2) is 28.5 Å². The molecular formula is C21H27FN7O13P2+. The highest BCUT2D eigenvalue weighted by Gasteiger charge is 2.51. The minimum Gasteiger partial charge on any atom is -0.387 e. The molecule has 0 spiro atoms. The minimum absolute atomic E-state index is 0.0139. The van der Waals surface area contributed by atoms with E-state index in [2.05, 4.69) is 28.3 Å². The van der Waals surface area contributed by atoms with Crippen molar-refractivity contribution >= 4 is 38.5 Å². The van der Waals surface area contributed by atoms with Crippen LogP contribution in [0.2, 0.25) is 0 Å². The number of ether oxygens (including phenoxy) is 2. The fourth-order valence-electron chi connectivity index (χ4n) is 4.54. The lowest BCUT2D eigenvalue weighted by Crippen LogP contribution is -2.45. The number of alkyl halides is 1. The van der Waals surface area contributed by atoms with Crippen LogP contribution >= 0.6 is 15.6 Å². The molecule has 3 aromatic heterocycles. The van der Waals surface area contributed by atoms with Gasteiger partial charge in [0.2, 0.25) is 6.17 Å². The van der Waals surface area contributed by atoms with Gasteiger partial charge in [0.15, 0.2) is 30.1 Å². The number of hydrogen-bond acceptors (Lipinski definition) is 15. The van der Waals surface area contributed by atoms with Crippen LogP contribution in [0.1, 0.15) is 22.8 Å². The van der Waals surface area contributed by atoms with Crippen molar-refractivity contribution in [2.24, 2.45) is 5.73 Å². The number of aliphatic hydroxyl groups is 3. The van der Waals surface area contributed by atoms with Gasteiger partial charge in [0.05, 0.1) is 19.5 Å². The maximum atomic E-state index is 14.8. The molecule has 3 unspecified atom stereocenters. The number of anilines is 1. The second kappa shape index (κ2) is 12.4. The van der Waals surface area contributed by atoms with Gasteiger partial charge in [-0.15, -0.1) is 0 Å². The predicted octanol–water partition coefficient (Wildman–Crippen LogP) is -2.04. The van der Waals surface area contributed by atoms with Crippen LogP contribution in [0.3, 0.4) is 0 Å².